The molecule has 0 fully saturated rings. The lowest BCUT2D eigenvalue weighted by atomic mass is 10.0. The van der Waals surface area contributed by atoms with E-state index in [1.165, 1.54) is 6.08 Å². The molecule has 0 aliphatic heterocycles. The lowest BCUT2D eigenvalue weighted by molar-refractivity contribution is -0.117. The molecule has 6 nitrogen and oxygen atoms in total. The van der Waals surface area contributed by atoms with Crippen LogP contribution in [0.4, 0.5) is 0 Å². The zero-order chi connectivity index (χ0) is 14.4. The van der Waals surface area contributed by atoms with Crippen molar-refractivity contribution in [2.75, 3.05) is 0 Å². The molecule has 0 aliphatic rings. The fourth-order valence-corrected chi connectivity index (χ4v) is 1.73. The van der Waals surface area contributed by atoms with Gasteiger partial charge in [0.15, 0.2) is 0 Å². The monoisotopic (exact) mass is 274 g/mol. The van der Waals surface area contributed by atoms with E-state index >= 15 is 0 Å². The number of aromatic nitrogens is 3. The van der Waals surface area contributed by atoms with Gasteiger partial charge in [-0.15, -0.1) is 5.10 Å². The number of hydrogen-bond donors (Lipinski definition) is 1. The Kier molecular flexibility index (Phi) is 4.70. The Hall–Kier alpha value is -2.37. The summed E-state index contributed by atoms with van der Waals surface area (Å²) in [6, 6.07) is 3.56. The van der Waals surface area contributed by atoms with Crippen LogP contribution in [0.3, 0.4) is 0 Å². The maximum Gasteiger partial charge on any atom is 0.244 e. The maximum absolute atomic E-state index is 11.9. The van der Waals surface area contributed by atoms with Crippen LogP contribution in [0.25, 0.3) is 6.08 Å². The van der Waals surface area contributed by atoms with E-state index in [2.05, 4.69) is 29.5 Å². The van der Waals surface area contributed by atoms with E-state index in [9.17, 15) is 4.79 Å². The molecule has 0 unspecified atom stereocenters. The smallest absolute Gasteiger partial charge is 0.244 e. The molecule has 0 saturated heterocycles. The molecule has 1 atom stereocenters. The molecule has 2 heterocycles. The third-order valence-electron chi connectivity index (χ3n) is 2.93. The summed E-state index contributed by atoms with van der Waals surface area (Å²) in [4.78, 5) is 11.9. The van der Waals surface area contributed by atoms with Gasteiger partial charge in [0.2, 0.25) is 5.91 Å². The molecule has 6 heteroatoms. The quantitative estimate of drug-likeness (QED) is 0.814. The van der Waals surface area contributed by atoms with Gasteiger partial charge in [0.05, 0.1) is 25.0 Å². The van der Waals surface area contributed by atoms with Gasteiger partial charge in [0.25, 0.3) is 0 Å². The van der Waals surface area contributed by atoms with Crippen molar-refractivity contribution in [2.24, 2.45) is 5.92 Å². The number of nitrogens with one attached hydrogen (secondary N) is 1. The van der Waals surface area contributed by atoms with Gasteiger partial charge < -0.3 is 9.73 Å². The Morgan fingerprint density at radius 3 is 3.00 bits per heavy atom. The van der Waals surface area contributed by atoms with Crippen molar-refractivity contribution in [1.82, 2.24) is 20.3 Å². The number of carbonyl (C=O) groups is 1. The van der Waals surface area contributed by atoms with E-state index in [1.54, 1.807) is 41.5 Å². The summed E-state index contributed by atoms with van der Waals surface area (Å²) in [7, 11) is 0. The van der Waals surface area contributed by atoms with Crippen LogP contribution in [-0.2, 0) is 11.3 Å². The number of carbonyl (C=O) groups excluding carboxylic acids is 1. The normalized spacial score (nSPS) is 12.9. The summed E-state index contributed by atoms with van der Waals surface area (Å²) in [5, 5.41) is 10.6. The van der Waals surface area contributed by atoms with Crippen molar-refractivity contribution in [3.05, 3.63) is 42.6 Å². The van der Waals surface area contributed by atoms with Crippen LogP contribution in [0.1, 0.15) is 19.6 Å². The lowest BCUT2D eigenvalue weighted by Crippen LogP contribution is -2.40. The molecule has 106 valence electrons. The fourth-order valence-electron chi connectivity index (χ4n) is 1.73. The van der Waals surface area contributed by atoms with Crippen LogP contribution >= 0.6 is 0 Å². The van der Waals surface area contributed by atoms with E-state index in [0.29, 0.717) is 18.2 Å². The molecule has 0 aliphatic carbocycles. The average molecular weight is 274 g/mol. The zero-order valence-corrected chi connectivity index (χ0v) is 11.6. The van der Waals surface area contributed by atoms with E-state index in [0.717, 1.165) is 0 Å². The van der Waals surface area contributed by atoms with E-state index in [-0.39, 0.29) is 11.9 Å². The van der Waals surface area contributed by atoms with Crippen LogP contribution in [0.15, 0.2) is 41.3 Å². The highest BCUT2D eigenvalue weighted by Crippen LogP contribution is 2.05. The molecule has 2 aromatic heterocycles. The van der Waals surface area contributed by atoms with Gasteiger partial charge in [-0.25, -0.2) is 0 Å². The van der Waals surface area contributed by atoms with Crippen molar-refractivity contribution in [1.29, 1.82) is 0 Å². The third-order valence-corrected chi connectivity index (χ3v) is 2.93. The van der Waals surface area contributed by atoms with Crippen molar-refractivity contribution >= 4 is 12.0 Å². The second kappa shape index (κ2) is 6.70. The molecule has 20 heavy (non-hydrogen) atoms. The average Bonchev–Trinajstić information content (AvgIpc) is 3.08. The summed E-state index contributed by atoms with van der Waals surface area (Å²) in [5.74, 6) is 0.790. The molecule has 0 spiro atoms. The Morgan fingerprint density at radius 1 is 1.55 bits per heavy atom. The van der Waals surface area contributed by atoms with Crippen LogP contribution in [0, 0.1) is 5.92 Å². The standard InChI is InChI=1S/C14H18N4O2/c1-11(2)13(10-18-8-7-15-17-18)16-14(19)6-5-12-4-3-9-20-12/h3-9,11,13H,10H2,1-2H3,(H,16,19)/b6-5+/t13-/m0/s1. The molecular weight excluding hydrogens is 256 g/mol. The minimum Gasteiger partial charge on any atom is -0.465 e. The summed E-state index contributed by atoms with van der Waals surface area (Å²) in [5.41, 5.74) is 0. The second-order valence-corrected chi connectivity index (χ2v) is 4.83. The molecule has 1 N–H and O–H groups in total. The summed E-state index contributed by atoms with van der Waals surface area (Å²) in [6.45, 7) is 4.70. The topological polar surface area (TPSA) is 73.0 Å². The van der Waals surface area contributed by atoms with Gasteiger partial charge >= 0.3 is 0 Å². The molecule has 0 radical (unpaired) electrons. The Labute approximate surface area is 117 Å². The van der Waals surface area contributed by atoms with Gasteiger partial charge in [-0.3, -0.25) is 9.48 Å². The largest absolute Gasteiger partial charge is 0.465 e. The predicted octanol–water partition coefficient (Wildman–Crippen LogP) is 1.73. The number of furan rings is 1. The molecule has 0 aromatic carbocycles. The minimum atomic E-state index is -0.153. The van der Waals surface area contributed by atoms with E-state index in [1.807, 2.05) is 0 Å². The van der Waals surface area contributed by atoms with Crippen molar-refractivity contribution in [3.8, 4) is 0 Å². The van der Waals surface area contributed by atoms with Gasteiger partial charge in [-0.05, 0) is 24.1 Å². The molecule has 1 amide bonds. The molecule has 2 aromatic rings. The molecule has 0 saturated carbocycles. The first-order chi connectivity index (χ1) is 9.65. The van der Waals surface area contributed by atoms with E-state index in [4.69, 9.17) is 4.42 Å². The molecule has 0 bridgehead atoms. The highest BCUT2D eigenvalue weighted by Gasteiger charge is 2.16. The number of hydrogen-bond acceptors (Lipinski definition) is 4. The van der Waals surface area contributed by atoms with Gasteiger partial charge in [0, 0.05) is 12.3 Å². The summed E-state index contributed by atoms with van der Waals surface area (Å²) < 4.78 is 6.84. The predicted molar refractivity (Wildman–Crippen MR) is 74.5 cm³/mol. The number of nitrogens with zero attached hydrogens (tertiary/aromatic N) is 3. The highest BCUT2D eigenvalue weighted by molar-refractivity contribution is 5.91. The first-order valence-corrected chi connectivity index (χ1v) is 6.51. The van der Waals surface area contributed by atoms with E-state index < -0.39 is 0 Å². The van der Waals surface area contributed by atoms with Crippen LogP contribution in [0.5, 0.6) is 0 Å². The Bertz CT molecular complexity index is 544. The van der Waals surface area contributed by atoms with Crippen molar-refractivity contribution in [3.63, 3.8) is 0 Å². The molecule has 2 rings (SSSR count). The van der Waals surface area contributed by atoms with Gasteiger partial charge in [0.1, 0.15) is 5.76 Å². The van der Waals surface area contributed by atoms with Crippen LogP contribution in [0.2, 0.25) is 0 Å². The maximum atomic E-state index is 11.9. The Balaban J connectivity index is 1.92. The molecular formula is C14H18N4O2. The first-order valence-electron chi connectivity index (χ1n) is 6.51. The fraction of sp³-hybridized carbons (Fsp3) is 0.357. The number of amides is 1. The number of rotatable bonds is 6. The minimum absolute atomic E-state index is 0.00884. The lowest BCUT2D eigenvalue weighted by Gasteiger charge is -2.21. The van der Waals surface area contributed by atoms with Crippen molar-refractivity contribution < 1.29 is 9.21 Å². The van der Waals surface area contributed by atoms with Crippen molar-refractivity contribution in [2.45, 2.75) is 26.4 Å². The van der Waals surface area contributed by atoms with Crippen LogP contribution < -0.4 is 5.32 Å². The third kappa shape index (κ3) is 4.08. The highest BCUT2D eigenvalue weighted by atomic mass is 16.3. The van der Waals surface area contributed by atoms with Gasteiger partial charge in [-0.2, -0.15) is 0 Å². The SMILES string of the molecule is CC(C)[C@H](Cn1ccnn1)NC(=O)/C=C/c1ccco1. The van der Waals surface area contributed by atoms with Gasteiger partial charge in [-0.1, -0.05) is 19.1 Å². The van der Waals surface area contributed by atoms with Crippen LogP contribution in [-0.4, -0.2) is 26.9 Å². The Morgan fingerprint density at radius 2 is 2.40 bits per heavy atom. The second-order valence-electron chi connectivity index (χ2n) is 4.83. The summed E-state index contributed by atoms with van der Waals surface area (Å²) >= 11 is 0. The summed E-state index contributed by atoms with van der Waals surface area (Å²) in [6.07, 6.45) is 8.08. The first kappa shape index (κ1) is 14.0. The zero-order valence-electron chi connectivity index (χ0n) is 11.6.